The van der Waals surface area contributed by atoms with Crippen LogP contribution in [0.15, 0.2) is 49.1 Å². The zero-order valence-electron chi connectivity index (χ0n) is 8.91. The molecule has 0 bridgehead atoms. The molecule has 3 aromatic rings. The molecule has 3 heterocycles. The molecule has 5 heteroatoms. The van der Waals surface area contributed by atoms with Gasteiger partial charge in [0.1, 0.15) is 0 Å². The van der Waals surface area contributed by atoms with Gasteiger partial charge in [0, 0.05) is 35.9 Å². The predicted octanol–water partition coefficient (Wildman–Crippen LogP) is 1.93. The molecule has 0 atom stereocenters. The highest BCUT2D eigenvalue weighted by molar-refractivity contribution is 5.59. The Morgan fingerprint density at radius 3 is 2.53 bits per heavy atom. The molecule has 5 nitrogen and oxygen atoms in total. The number of pyridine rings is 2. The van der Waals surface area contributed by atoms with Gasteiger partial charge < -0.3 is 0 Å². The highest BCUT2D eigenvalue weighted by Crippen LogP contribution is 2.18. The molecule has 3 rings (SSSR count). The summed E-state index contributed by atoms with van der Waals surface area (Å²) in [6.07, 6.45) is 6.91. The fraction of sp³-hybridized carbons (Fsp3) is 0. The van der Waals surface area contributed by atoms with Gasteiger partial charge >= 0.3 is 0 Å². The molecule has 0 amide bonds. The molecule has 3 aromatic heterocycles. The maximum Gasteiger partial charge on any atom is 0.183 e. The first-order chi connectivity index (χ1) is 8.43. The van der Waals surface area contributed by atoms with Crippen molar-refractivity contribution < 1.29 is 0 Å². The lowest BCUT2D eigenvalue weighted by molar-refractivity contribution is 1.10. The van der Waals surface area contributed by atoms with Crippen molar-refractivity contribution in [1.82, 2.24) is 25.1 Å². The molecule has 17 heavy (non-hydrogen) atoms. The number of nitrogens with zero attached hydrogens (tertiary/aromatic N) is 4. The topological polar surface area (TPSA) is 67.3 Å². The molecule has 0 aromatic carbocycles. The van der Waals surface area contributed by atoms with Crippen molar-refractivity contribution in [2.45, 2.75) is 0 Å². The van der Waals surface area contributed by atoms with E-state index in [0.29, 0.717) is 5.82 Å². The molecule has 0 aliphatic heterocycles. The Balaban J connectivity index is 1.99. The first-order valence-corrected chi connectivity index (χ1v) is 5.17. The van der Waals surface area contributed by atoms with Crippen LogP contribution in [0, 0.1) is 0 Å². The number of hydrogen-bond donors (Lipinski definition) is 1. The van der Waals surface area contributed by atoms with E-state index in [-0.39, 0.29) is 0 Å². The summed E-state index contributed by atoms with van der Waals surface area (Å²) < 4.78 is 0. The van der Waals surface area contributed by atoms with Crippen LogP contribution in [0.25, 0.3) is 22.8 Å². The van der Waals surface area contributed by atoms with Gasteiger partial charge in [-0.05, 0) is 24.3 Å². The average Bonchev–Trinajstić information content (AvgIpc) is 2.90. The minimum Gasteiger partial charge on any atom is -0.265 e. The summed E-state index contributed by atoms with van der Waals surface area (Å²) >= 11 is 0. The zero-order valence-corrected chi connectivity index (χ0v) is 8.91. The summed E-state index contributed by atoms with van der Waals surface area (Å²) in [5, 5.41) is 7.07. The molecule has 0 unspecified atom stereocenters. The van der Waals surface area contributed by atoms with Gasteiger partial charge in [0.15, 0.2) is 11.6 Å². The standard InChI is InChI=1S/C12H9N5/c1-2-10(8-14-5-1)12-15-11(16-17-12)9-3-6-13-7-4-9/h1-8H,(H,15,16,17). The van der Waals surface area contributed by atoms with Crippen LogP contribution in [0.3, 0.4) is 0 Å². The number of H-pyrrole nitrogens is 1. The normalized spacial score (nSPS) is 10.4. The summed E-state index contributed by atoms with van der Waals surface area (Å²) in [4.78, 5) is 12.4. The van der Waals surface area contributed by atoms with E-state index in [0.717, 1.165) is 17.0 Å². The highest BCUT2D eigenvalue weighted by Gasteiger charge is 2.06. The molecule has 0 aliphatic carbocycles. The third-order valence-electron chi connectivity index (χ3n) is 2.36. The van der Waals surface area contributed by atoms with Gasteiger partial charge in [0.25, 0.3) is 0 Å². The summed E-state index contributed by atoms with van der Waals surface area (Å²) in [5.41, 5.74) is 1.85. The first-order valence-electron chi connectivity index (χ1n) is 5.17. The van der Waals surface area contributed by atoms with Crippen LogP contribution in [-0.4, -0.2) is 25.1 Å². The van der Waals surface area contributed by atoms with Crippen molar-refractivity contribution in [3.63, 3.8) is 0 Å². The van der Waals surface area contributed by atoms with Crippen LogP contribution in [0.5, 0.6) is 0 Å². The Morgan fingerprint density at radius 1 is 0.882 bits per heavy atom. The number of aromatic nitrogens is 5. The van der Waals surface area contributed by atoms with Crippen molar-refractivity contribution in [2.24, 2.45) is 0 Å². The molecule has 0 saturated carbocycles. The fourth-order valence-electron chi connectivity index (χ4n) is 1.52. The zero-order chi connectivity index (χ0) is 11.5. The molecule has 1 N–H and O–H groups in total. The lowest BCUT2D eigenvalue weighted by atomic mass is 10.2. The van der Waals surface area contributed by atoms with Crippen molar-refractivity contribution in [3.05, 3.63) is 49.1 Å². The Morgan fingerprint density at radius 2 is 1.76 bits per heavy atom. The third kappa shape index (κ3) is 1.90. The minimum absolute atomic E-state index is 0.643. The molecule has 0 spiro atoms. The van der Waals surface area contributed by atoms with Gasteiger partial charge in [-0.1, -0.05) is 0 Å². The second kappa shape index (κ2) is 4.13. The molecular weight excluding hydrogens is 214 g/mol. The van der Waals surface area contributed by atoms with Gasteiger partial charge in [-0.3, -0.25) is 15.1 Å². The molecule has 82 valence electrons. The number of aromatic amines is 1. The van der Waals surface area contributed by atoms with Gasteiger partial charge in [0.05, 0.1) is 0 Å². The summed E-state index contributed by atoms with van der Waals surface area (Å²) in [6.45, 7) is 0. The molecule has 0 fully saturated rings. The summed E-state index contributed by atoms with van der Waals surface area (Å²) in [6, 6.07) is 7.55. The van der Waals surface area contributed by atoms with Crippen LogP contribution in [0.4, 0.5) is 0 Å². The Bertz CT molecular complexity index is 549. The predicted molar refractivity (Wildman–Crippen MR) is 62.8 cm³/mol. The summed E-state index contributed by atoms with van der Waals surface area (Å²) in [5.74, 6) is 1.37. The van der Waals surface area contributed by atoms with E-state index in [1.807, 2.05) is 24.3 Å². The van der Waals surface area contributed by atoms with Crippen LogP contribution < -0.4 is 0 Å². The van der Waals surface area contributed by atoms with E-state index >= 15 is 0 Å². The van der Waals surface area contributed by atoms with Crippen LogP contribution in [-0.2, 0) is 0 Å². The van der Waals surface area contributed by atoms with Crippen molar-refractivity contribution in [3.8, 4) is 22.8 Å². The van der Waals surface area contributed by atoms with Crippen molar-refractivity contribution in [2.75, 3.05) is 0 Å². The smallest absolute Gasteiger partial charge is 0.183 e. The molecular formula is C12H9N5. The number of hydrogen-bond acceptors (Lipinski definition) is 4. The van der Waals surface area contributed by atoms with E-state index in [2.05, 4.69) is 25.1 Å². The number of rotatable bonds is 2. The molecule has 0 radical (unpaired) electrons. The second-order valence-corrected chi connectivity index (χ2v) is 3.49. The van der Waals surface area contributed by atoms with E-state index in [4.69, 9.17) is 0 Å². The van der Waals surface area contributed by atoms with Gasteiger partial charge in [-0.25, -0.2) is 4.98 Å². The second-order valence-electron chi connectivity index (χ2n) is 3.49. The fourth-order valence-corrected chi connectivity index (χ4v) is 1.52. The summed E-state index contributed by atoms with van der Waals surface area (Å²) in [7, 11) is 0. The van der Waals surface area contributed by atoms with Crippen LogP contribution in [0.1, 0.15) is 0 Å². The van der Waals surface area contributed by atoms with Crippen LogP contribution in [0.2, 0.25) is 0 Å². The minimum atomic E-state index is 0.643. The van der Waals surface area contributed by atoms with Crippen LogP contribution >= 0.6 is 0 Å². The molecule has 0 aliphatic rings. The quantitative estimate of drug-likeness (QED) is 0.720. The lowest BCUT2D eigenvalue weighted by Crippen LogP contribution is -1.82. The Labute approximate surface area is 97.6 Å². The average molecular weight is 223 g/mol. The first kappa shape index (κ1) is 9.65. The maximum atomic E-state index is 4.42. The largest absolute Gasteiger partial charge is 0.265 e. The van der Waals surface area contributed by atoms with E-state index in [1.54, 1.807) is 24.8 Å². The molecule has 0 saturated heterocycles. The SMILES string of the molecule is c1cncc(-c2n[nH]c(-c3ccncc3)n2)c1. The monoisotopic (exact) mass is 223 g/mol. The highest BCUT2D eigenvalue weighted by atomic mass is 15.2. The number of nitrogens with one attached hydrogen (secondary N) is 1. The van der Waals surface area contributed by atoms with E-state index in [9.17, 15) is 0 Å². The maximum absolute atomic E-state index is 4.42. The van der Waals surface area contributed by atoms with E-state index in [1.165, 1.54) is 0 Å². The van der Waals surface area contributed by atoms with E-state index < -0.39 is 0 Å². The van der Waals surface area contributed by atoms with Gasteiger partial charge in [-0.2, -0.15) is 5.10 Å². The van der Waals surface area contributed by atoms with Crippen molar-refractivity contribution >= 4 is 0 Å². The lowest BCUT2D eigenvalue weighted by Gasteiger charge is -1.93. The van der Waals surface area contributed by atoms with Crippen molar-refractivity contribution in [1.29, 1.82) is 0 Å². The Hall–Kier alpha value is -2.56. The Kier molecular flexibility index (Phi) is 2.34. The van der Waals surface area contributed by atoms with Gasteiger partial charge in [-0.15, -0.1) is 0 Å². The van der Waals surface area contributed by atoms with Gasteiger partial charge in [0.2, 0.25) is 0 Å². The third-order valence-corrected chi connectivity index (χ3v) is 2.36.